The van der Waals surface area contributed by atoms with Gasteiger partial charge in [-0.1, -0.05) is 12.2 Å². The average Bonchev–Trinajstić information content (AvgIpc) is 2.63. The summed E-state index contributed by atoms with van der Waals surface area (Å²) >= 11 is 0. The Balaban J connectivity index is 1.45. The van der Waals surface area contributed by atoms with Gasteiger partial charge < -0.3 is 14.2 Å². The Labute approximate surface area is 143 Å². The van der Waals surface area contributed by atoms with E-state index in [0.717, 1.165) is 43.1 Å². The third-order valence-corrected chi connectivity index (χ3v) is 3.65. The molecule has 1 heterocycles. The number of dihydropyridines is 1. The van der Waals surface area contributed by atoms with Crippen molar-refractivity contribution >= 4 is 5.90 Å². The van der Waals surface area contributed by atoms with E-state index in [0.29, 0.717) is 12.5 Å². The summed E-state index contributed by atoms with van der Waals surface area (Å²) in [5.41, 5.74) is 0. The van der Waals surface area contributed by atoms with Crippen LogP contribution in [0.25, 0.3) is 0 Å². The number of nitrogens with zero attached hydrogens (tertiary/aromatic N) is 1. The standard InChI is InChI=1S/C20H23NO3/c1-16(23-20-9-5-6-14-21-20)15-22-17-10-12-19(13-11-17)24-18-7-3-2-4-8-18/h3,5,7-13,16H,2,4,6,14-15H2,1H3. The molecule has 126 valence electrons. The summed E-state index contributed by atoms with van der Waals surface area (Å²) in [6.45, 7) is 3.25. The quantitative estimate of drug-likeness (QED) is 0.776. The molecule has 0 saturated carbocycles. The van der Waals surface area contributed by atoms with Crippen molar-refractivity contribution in [2.45, 2.75) is 32.3 Å². The number of hydrogen-bond acceptors (Lipinski definition) is 4. The van der Waals surface area contributed by atoms with Crippen molar-refractivity contribution in [3.8, 4) is 11.5 Å². The van der Waals surface area contributed by atoms with Crippen molar-refractivity contribution in [3.63, 3.8) is 0 Å². The molecule has 0 radical (unpaired) electrons. The van der Waals surface area contributed by atoms with Crippen LogP contribution in [0.15, 0.2) is 65.4 Å². The summed E-state index contributed by atoms with van der Waals surface area (Å²) in [7, 11) is 0. The maximum absolute atomic E-state index is 5.81. The Kier molecular flexibility index (Phi) is 5.72. The summed E-state index contributed by atoms with van der Waals surface area (Å²) in [6, 6.07) is 7.65. The van der Waals surface area contributed by atoms with E-state index >= 15 is 0 Å². The average molecular weight is 325 g/mol. The third-order valence-electron chi connectivity index (χ3n) is 3.65. The van der Waals surface area contributed by atoms with E-state index < -0.39 is 0 Å². The highest BCUT2D eigenvalue weighted by atomic mass is 16.5. The van der Waals surface area contributed by atoms with Crippen LogP contribution in [0.2, 0.25) is 0 Å². The lowest BCUT2D eigenvalue weighted by atomic mass is 10.2. The molecular formula is C20H23NO3. The second-order valence-corrected chi connectivity index (χ2v) is 5.81. The molecule has 4 nitrogen and oxygen atoms in total. The highest BCUT2D eigenvalue weighted by molar-refractivity contribution is 5.88. The summed E-state index contributed by atoms with van der Waals surface area (Å²) in [4.78, 5) is 4.32. The highest BCUT2D eigenvalue weighted by Crippen LogP contribution is 2.21. The Bertz CT molecular complexity index is 656. The first-order valence-electron chi connectivity index (χ1n) is 8.45. The van der Waals surface area contributed by atoms with Crippen LogP contribution in [0.1, 0.15) is 26.2 Å². The molecule has 1 aromatic rings. The summed E-state index contributed by atoms with van der Waals surface area (Å²) < 4.78 is 17.3. The molecule has 3 rings (SSSR count). The maximum atomic E-state index is 5.81. The molecule has 1 atom stereocenters. The SMILES string of the molecule is CC(COc1ccc(OC2=CCCC=C2)cc1)OC1=NCCC=C1. The summed E-state index contributed by atoms with van der Waals surface area (Å²) in [5, 5.41) is 0. The lowest BCUT2D eigenvalue weighted by Crippen LogP contribution is -2.22. The first kappa shape index (κ1) is 16.4. The largest absolute Gasteiger partial charge is 0.490 e. The third kappa shape index (κ3) is 5.01. The van der Waals surface area contributed by atoms with E-state index in [9.17, 15) is 0 Å². The molecule has 1 aliphatic carbocycles. The Morgan fingerprint density at radius 2 is 1.79 bits per heavy atom. The summed E-state index contributed by atoms with van der Waals surface area (Å²) in [5.74, 6) is 3.20. The maximum Gasteiger partial charge on any atom is 0.208 e. The van der Waals surface area contributed by atoms with Crippen molar-refractivity contribution in [3.05, 3.63) is 60.4 Å². The predicted octanol–water partition coefficient (Wildman–Crippen LogP) is 4.44. The smallest absolute Gasteiger partial charge is 0.208 e. The van der Waals surface area contributed by atoms with Crippen molar-refractivity contribution in [2.24, 2.45) is 4.99 Å². The van der Waals surface area contributed by atoms with Crippen LogP contribution in [0.5, 0.6) is 11.5 Å². The zero-order valence-electron chi connectivity index (χ0n) is 14.0. The Morgan fingerprint density at radius 3 is 2.50 bits per heavy atom. The monoisotopic (exact) mass is 325 g/mol. The van der Waals surface area contributed by atoms with Crippen LogP contribution in [0, 0.1) is 0 Å². The van der Waals surface area contributed by atoms with Crippen LogP contribution < -0.4 is 9.47 Å². The number of benzene rings is 1. The van der Waals surface area contributed by atoms with Gasteiger partial charge in [-0.15, -0.1) is 0 Å². The molecule has 1 unspecified atom stereocenters. The second-order valence-electron chi connectivity index (χ2n) is 5.81. The van der Waals surface area contributed by atoms with Crippen molar-refractivity contribution < 1.29 is 14.2 Å². The van der Waals surface area contributed by atoms with Crippen LogP contribution >= 0.6 is 0 Å². The first-order chi connectivity index (χ1) is 11.8. The van der Waals surface area contributed by atoms with Crippen molar-refractivity contribution in [1.29, 1.82) is 0 Å². The van der Waals surface area contributed by atoms with Gasteiger partial charge >= 0.3 is 0 Å². The molecule has 4 heteroatoms. The molecule has 0 aromatic heterocycles. The fourth-order valence-electron chi connectivity index (χ4n) is 2.42. The van der Waals surface area contributed by atoms with Gasteiger partial charge in [-0.3, -0.25) is 4.99 Å². The molecule has 1 aliphatic heterocycles. The lowest BCUT2D eigenvalue weighted by molar-refractivity contribution is 0.134. The van der Waals surface area contributed by atoms with Crippen molar-refractivity contribution in [2.75, 3.05) is 13.2 Å². The molecule has 1 aromatic carbocycles. The fourth-order valence-corrected chi connectivity index (χ4v) is 2.42. The normalized spacial score (nSPS) is 17.7. The number of aliphatic imine (C=N–C) groups is 1. The van der Waals surface area contributed by atoms with Crippen LogP contribution in [-0.2, 0) is 4.74 Å². The van der Waals surface area contributed by atoms with Crippen LogP contribution in [0.4, 0.5) is 0 Å². The van der Waals surface area contributed by atoms with Crippen LogP contribution in [0.3, 0.4) is 0 Å². The molecule has 24 heavy (non-hydrogen) atoms. The zero-order valence-corrected chi connectivity index (χ0v) is 14.0. The molecule has 0 amide bonds. The Hall–Kier alpha value is -2.49. The van der Waals surface area contributed by atoms with Gasteiger partial charge in [0.25, 0.3) is 0 Å². The van der Waals surface area contributed by atoms with Gasteiger partial charge in [-0.25, -0.2) is 0 Å². The number of allylic oxidation sites excluding steroid dienone is 3. The van der Waals surface area contributed by atoms with E-state index in [2.05, 4.69) is 23.2 Å². The van der Waals surface area contributed by atoms with E-state index in [1.807, 2.05) is 43.3 Å². The van der Waals surface area contributed by atoms with Gasteiger partial charge in [0, 0.05) is 6.54 Å². The van der Waals surface area contributed by atoms with Gasteiger partial charge in [0.1, 0.15) is 30.0 Å². The minimum absolute atomic E-state index is 0.0556. The van der Waals surface area contributed by atoms with Crippen LogP contribution in [-0.4, -0.2) is 25.2 Å². The van der Waals surface area contributed by atoms with Crippen molar-refractivity contribution in [1.82, 2.24) is 0 Å². The van der Waals surface area contributed by atoms with E-state index in [4.69, 9.17) is 14.2 Å². The number of ether oxygens (including phenoxy) is 3. The van der Waals surface area contributed by atoms with Gasteiger partial charge in [-0.05, 0) is 68.7 Å². The highest BCUT2D eigenvalue weighted by Gasteiger charge is 2.08. The fraction of sp³-hybridized carbons (Fsp3) is 0.350. The minimum Gasteiger partial charge on any atom is -0.490 e. The second kappa shape index (κ2) is 8.39. The number of rotatable bonds is 6. The molecule has 0 spiro atoms. The van der Waals surface area contributed by atoms with E-state index in [1.165, 1.54) is 0 Å². The predicted molar refractivity (Wildman–Crippen MR) is 95.6 cm³/mol. The lowest BCUT2D eigenvalue weighted by Gasteiger charge is -2.17. The number of hydrogen-bond donors (Lipinski definition) is 0. The van der Waals surface area contributed by atoms with Gasteiger partial charge in [-0.2, -0.15) is 0 Å². The van der Waals surface area contributed by atoms with Gasteiger partial charge in [0.15, 0.2) is 0 Å². The minimum atomic E-state index is -0.0556. The molecule has 0 N–H and O–H groups in total. The molecule has 2 aliphatic rings. The molecule has 0 fully saturated rings. The molecular weight excluding hydrogens is 302 g/mol. The zero-order chi connectivity index (χ0) is 16.6. The topological polar surface area (TPSA) is 40.0 Å². The molecule has 0 bridgehead atoms. The van der Waals surface area contributed by atoms with Gasteiger partial charge in [0.05, 0.1) is 0 Å². The first-order valence-corrected chi connectivity index (χ1v) is 8.45. The summed E-state index contributed by atoms with van der Waals surface area (Å²) in [6.07, 6.45) is 13.3. The van der Waals surface area contributed by atoms with E-state index in [-0.39, 0.29) is 6.10 Å². The molecule has 0 saturated heterocycles. The van der Waals surface area contributed by atoms with E-state index in [1.54, 1.807) is 0 Å². The van der Waals surface area contributed by atoms with Gasteiger partial charge in [0.2, 0.25) is 5.90 Å². The Morgan fingerprint density at radius 1 is 1.00 bits per heavy atom.